The predicted molar refractivity (Wildman–Crippen MR) is 90.4 cm³/mol. The maximum Gasteiger partial charge on any atom is 0.274 e. The Balaban J connectivity index is 1.79. The van der Waals surface area contributed by atoms with E-state index in [2.05, 4.69) is 25.8 Å². The topological polar surface area (TPSA) is 92.9 Å². The lowest BCUT2D eigenvalue weighted by molar-refractivity contribution is 0.102. The average Bonchev–Trinajstić information content (AvgIpc) is 2.96. The van der Waals surface area contributed by atoms with E-state index in [1.807, 2.05) is 32.0 Å². The van der Waals surface area contributed by atoms with E-state index in [1.165, 1.54) is 6.33 Å². The van der Waals surface area contributed by atoms with Crippen LogP contribution in [0.1, 0.15) is 27.4 Å². The van der Waals surface area contributed by atoms with Gasteiger partial charge in [0.05, 0.1) is 0 Å². The second-order valence-electron chi connectivity index (χ2n) is 5.46. The van der Waals surface area contributed by atoms with Crippen molar-refractivity contribution in [2.45, 2.75) is 20.8 Å². The quantitative estimate of drug-likeness (QED) is 0.764. The second-order valence-corrected chi connectivity index (χ2v) is 5.46. The van der Waals surface area contributed by atoms with Gasteiger partial charge in [-0.1, -0.05) is 23.4 Å². The highest BCUT2D eigenvalue weighted by atomic mass is 16.5. The van der Waals surface area contributed by atoms with Gasteiger partial charge in [0.2, 0.25) is 0 Å². The molecule has 0 saturated heterocycles. The summed E-state index contributed by atoms with van der Waals surface area (Å²) in [7, 11) is 0. The maximum absolute atomic E-state index is 12.5. The van der Waals surface area contributed by atoms with Crippen molar-refractivity contribution < 1.29 is 9.32 Å². The molecule has 0 spiro atoms. The largest absolute Gasteiger partial charge is 0.360 e. The van der Waals surface area contributed by atoms with Crippen LogP contribution < -0.4 is 10.6 Å². The molecule has 1 aromatic carbocycles. The zero-order valence-electron chi connectivity index (χ0n) is 13.6. The van der Waals surface area contributed by atoms with Crippen LogP contribution in [0.15, 0.2) is 41.2 Å². The fourth-order valence-corrected chi connectivity index (χ4v) is 2.30. The average molecular weight is 323 g/mol. The van der Waals surface area contributed by atoms with Gasteiger partial charge in [0.1, 0.15) is 23.6 Å². The Labute approximate surface area is 139 Å². The van der Waals surface area contributed by atoms with Crippen molar-refractivity contribution in [1.82, 2.24) is 15.1 Å². The summed E-state index contributed by atoms with van der Waals surface area (Å²) >= 11 is 0. The number of carbonyl (C=O) groups is 1. The zero-order valence-corrected chi connectivity index (χ0v) is 13.6. The molecule has 0 aliphatic heterocycles. The lowest BCUT2D eigenvalue weighted by atomic mass is 10.1. The molecule has 0 saturated carbocycles. The molecular formula is C17H17N5O2. The van der Waals surface area contributed by atoms with Crippen LogP contribution in [0.25, 0.3) is 0 Å². The number of amides is 1. The third-order valence-corrected chi connectivity index (χ3v) is 3.50. The Bertz CT molecular complexity index is 868. The first-order valence-electron chi connectivity index (χ1n) is 7.43. The van der Waals surface area contributed by atoms with Crippen molar-refractivity contribution in [3.63, 3.8) is 0 Å². The minimum absolute atomic E-state index is 0.260. The van der Waals surface area contributed by atoms with Crippen LogP contribution in [-0.2, 0) is 0 Å². The maximum atomic E-state index is 12.5. The molecule has 0 atom stereocenters. The molecule has 122 valence electrons. The molecular weight excluding hydrogens is 306 g/mol. The fourth-order valence-electron chi connectivity index (χ4n) is 2.30. The number of aryl methyl sites for hydroxylation is 3. The Hall–Kier alpha value is -3.22. The number of hydrogen-bond donors (Lipinski definition) is 2. The summed E-state index contributed by atoms with van der Waals surface area (Å²) in [6.45, 7) is 5.69. The van der Waals surface area contributed by atoms with Gasteiger partial charge in [0.25, 0.3) is 5.91 Å². The number of nitrogens with zero attached hydrogens (tertiary/aromatic N) is 3. The van der Waals surface area contributed by atoms with E-state index in [1.54, 1.807) is 19.1 Å². The molecule has 0 unspecified atom stereocenters. The summed E-state index contributed by atoms with van der Waals surface area (Å²) in [5, 5.41) is 9.70. The van der Waals surface area contributed by atoms with E-state index in [9.17, 15) is 4.79 Å². The third-order valence-electron chi connectivity index (χ3n) is 3.50. The molecule has 0 aliphatic carbocycles. The fraction of sp³-hybridized carbons (Fsp3) is 0.176. The molecule has 7 nitrogen and oxygen atoms in total. The van der Waals surface area contributed by atoms with E-state index in [-0.39, 0.29) is 11.6 Å². The number of hydrogen-bond acceptors (Lipinski definition) is 6. The van der Waals surface area contributed by atoms with Crippen LogP contribution in [0.4, 0.5) is 17.3 Å². The standard InChI is InChI=1S/C17H17N5O2/c1-10-5-4-6-11(2)16(10)21-17(23)13-8-14(19-9-18-13)20-15-7-12(3)24-22-15/h4-9H,1-3H3,(H,21,23)(H,18,19,20,22). The van der Waals surface area contributed by atoms with E-state index in [0.717, 1.165) is 16.8 Å². The summed E-state index contributed by atoms with van der Waals surface area (Å²) in [6, 6.07) is 9.14. The lowest BCUT2D eigenvalue weighted by Crippen LogP contribution is -2.15. The number of para-hydroxylation sites is 1. The molecule has 1 amide bonds. The van der Waals surface area contributed by atoms with E-state index in [4.69, 9.17) is 4.52 Å². The van der Waals surface area contributed by atoms with Crippen LogP contribution in [0.3, 0.4) is 0 Å². The summed E-state index contributed by atoms with van der Waals surface area (Å²) < 4.78 is 4.98. The Kier molecular flexibility index (Phi) is 4.24. The van der Waals surface area contributed by atoms with Crippen LogP contribution in [0.5, 0.6) is 0 Å². The van der Waals surface area contributed by atoms with Crippen molar-refractivity contribution in [2.75, 3.05) is 10.6 Å². The minimum atomic E-state index is -0.297. The summed E-state index contributed by atoms with van der Waals surface area (Å²) in [6.07, 6.45) is 1.33. The normalized spacial score (nSPS) is 10.5. The van der Waals surface area contributed by atoms with Crippen molar-refractivity contribution >= 4 is 23.2 Å². The Morgan fingerprint density at radius 2 is 1.79 bits per heavy atom. The molecule has 2 heterocycles. The number of rotatable bonds is 4. The summed E-state index contributed by atoms with van der Waals surface area (Å²) in [4.78, 5) is 20.6. The molecule has 24 heavy (non-hydrogen) atoms. The number of benzene rings is 1. The minimum Gasteiger partial charge on any atom is -0.360 e. The zero-order chi connectivity index (χ0) is 17.1. The summed E-state index contributed by atoms with van der Waals surface area (Å²) in [5.41, 5.74) is 3.04. The van der Waals surface area contributed by atoms with Crippen molar-refractivity contribution in [2.24, 2.45) is 0 Å². The van der Waals surface area contributed by atoms with Gasteiger partial charge in [-0.15, -0.1) is 0 Å². The molecule has 3 aromatic rings. The lowest BCUT2D eigenvalue weighted by Gasteiger charge is -2.11. The molecule has 7 heteroatoms. The SMILES string of the molecule is Cc1cc(Nc2cc(C(=O)Nc3c(C)cccc3C)ncn2)no1. The van der Waals surface area contributed by atoms with Crippen molar-refractivity contribution in [3.8, 4) is 0 Å². The van der Waals surface area contributed by atoms with Crippen molar-refractivity contribution in [1.29, 1.82) is 0 Å². The molecule has 0 aliphatic rings. The van der Waals surface area contributed by atoms with Crippen LogP contribution in [0, 0.1) is 20.8 Å². The van der Waals surface area contributed by atoms with Gasteiger partial charge in [-0.25, -0.2) is 9.97 Å². The van der Waals surface area contributed by atoms with E-state index in [0.29, 0.717) is 17.4 Å². The van der Waals surface area contributed by atoms with Crippen LogP contribution in [0.2, 0.25) is 0 Å². The Morgan fingerprint density at radius 3 is 2.46 bits per heavy atom. The van der Waals surface area contributed by atoms with Gasteiger partial charge in [-0.05, 0) is 31.9 Å². The van der Waals surface area contributed by atoms with Crippen molar-refractivity contribution in [3.05, 3.63) is 59.2 Å². The first kappa shape index (κ1) is 15.7. The number of anilines is 3. The molecule has 3 rings (SSSR count). The van der Waals surface area contributed by atoms with Gasteiger partial charge in [0.15, 0.2) is 5.82 Å². The molecule has 0 radical (unpaired) electrons. The van der Waals surface area contributed by atoms with E-state index >= 15 is 0 Å². The van der Waals surface area contributed by atoms with Crippen LogP contribution in [-0.4, -0.2) is 21.0 Å². The van der Waals surface area contributed by atoms with Gasteiger partial charge in [0, 0.05) is 17.8 Å². The number of aromatic nitrogens is 3. The molecule has 2 aromatic heterocycles. The number of carbonyl (C=O) groups excluding carboxylic acids is 1. The summed E-state index contributed by atoms with van der Waals surface area (Å²) in [5.74, 6) is 1.37. The van der Waals surface area contributed by atoms with Gasteiger partial charge >= 0.3 is 0 Å². The first-order chi connectivity index (χ1) is 11.5. The van der Waals surface area contributed by atoms with Gasteiger partial charge in [-0.2, -0.15) is 0 Å². The van der Waals surface area contributed by atoms with Gasteiger partial charge in [-0.3, -0.25) is 4.79 Å². The smallest absolute Gasteiger partial charge is 0.274 e. The monoisotopic (exact) mass is 323 g/mol. The third kappa shape index (κ3) is 3.40. The number of nitrogens with one attached hydrogen (secondary N) is 2. The molecule has 2 N–H and O–H groups in total. The van der Waals surface area contributed by atoms with Gasteiger partial charge < -0.3 is 15.2 Å². The second kappa shape index (κ2) is 6.49. The predicted octanol–water partition coefficient (Wildman–Crippen LogP) is 3.39. The van der Waals surface area contributed by atoms with E-state index < -0.39 is 0 Å². The highest BCUT2D eigenvalue weighted by molar-refractivity contribution is 6.04. The van der Waals surface area contributed by atoms with Crippen LogP contribution >= 0.6 is 0 Å². The Morgan fingerprint density at radius 1 is 1.04 bits per heavy atom. The molecule has 0 bridgehead atoms. The molecule has 0 fully saturated rings. The first-order valence-corrected chi connectivity index (χ1v) is 7.43. The highest BCUT2D eigenvalue weighted by Gasteiger charge is 2.12. The highest BCUT2D eigenvalue weighted by Crippen LogP contribution is 2.20.